The number of carbonyl (C=O) groups is 2. The van der Waals surface area contributed by atoms with E-state index in [2.05, 4.69) is 4.98 Å². The Morgan fingerprint density at radius 3 is 2.55 bits per heavy atom. The highest BCUT2D eigenvalue weighted by atomic mass is 16.5. The Balaban J connectivity index is 1.99. The Morgan fingerprint density at radius 1 is 1.19 bits per heavy atom. The molecule has 0 aliphatic carbocycles. The number of pyridine rings is 1. The van der Waals surface area contributed by atoms with Crippen molar-refractivity contribution >= 4 is 17.4 Å². The third-order valence-electron chi connectivity index (χ3n) is 5.15. The molecule has 1 aliphatic heterocycles. The minimum atomic E-state index is -0.678. The van der Waals surface area contributed by atoms with E-state index in [4.69, 9.17) is 4.74 Å². The molecule has 2 heterocycles. The number of carbonyl (C=O) groups excluding carboxylic acids is 2. The summed E-state index contributed by atoms with van der Waals surface area (Å²) >= 11 is 0. The first-order valence-electron chi connectivity index (χ1n) is 10.5. The number of amides is 1. The first-order valence-corrected chi connectivity index (χ1v) is 10.5. The van der Waals surface area contributed by atoms with Gasteiger partial charge in [-0.3, -0.25) is 14.6 Å². The number of aromatic nitrogens is 1. The number of ether oxygens (including phenoxy) is 1. The smallest absolute Gasteiger partial charge is 0.295 e. The van der Waals surface area contributed by atoms with E-state index < -0.39 is 17.7 Å². The number of rotatable bonds is 9. The summed E-state index contributed by atoms with van der Waals surface area (Å²) in [5, 5.41) is 11.0. The van der Waals surface area contributed by atoms with Gasteiger partial charge in [0, 0.05) is 24.5 Å². The maximum atomic E-state index is 13.0. The molecule has 1 aliphatic rings. The SMILES string of the molecule is CCCOc1ccc(/C(O)=C2\C(=O)C(=O)N(CCCN(C)C)[C@H]2c2cccnc2)cc1. The first-order chi connectivity index (χ1) is 14.9. The number of likely N-dealkylation sites (tertiary alicyclic amines) is 1. The maximum Gasteiger partial charge on any atom is 0.295 e. The lowest BCUT2D eigenvalue weighted by atomic mass is 9.96. The van der Waals surface area contributed by atoms with Crippen molar-refractivity contribution in [2.75, 3.05) is 33.8 Å². The van der Waals surface area contributed by atoms with E-state index in [-0.39, 0.29) is 11.3 Å². The molecule has 1 N–H and O–H groups in total. The predicted molar refractivity (Wildman–Crippen MR) is 119 cm³/mol. The van der Waals surface area contributed by atoms with Crippen LogP contribution in [-0.2, 0) is 9.59 Å². The van der Waals surface area contributed by atoms with Crippen LogP contribution in [0.3, 0.4) is 0 Å². The summed E-state index contributed by atoms with van der Waals surface area (Å²) in [4.78, 5) is 33.5. The molecule has 0 bridgehead atoms. The molecular formula is C24H29N3O4. The van der Waals surface area contributed by atoms with Gasteiger partial charge in [0.2, 0.25) is 0 Å². The van der Waals surface area contributed by atoms with Gasteiger partial charge in [0.15, 0.2) is 0 Å². The summed E-state index contributed by atoms with van der Waals surface area (Å²) in [7, 11) is 3.92. The van der Waals surface area contributed by atoms with E-state index in [0.717, 1.165) is 13.0 Å². The summed E-state index contributed by atoms with van der Waals surface area (Å²) in [6.45, 7) is 3.81. The fourth-order valence-corrected chi connectivity index (χ4v) is 3.64. The number of benzene rings is 1. The lowest BCUT2D eigenvalue weighted by Gasteiger charge is -2.25. The van der Waals surface area contributed by atoms with Crippen molar-refractivity contribution in [2.24, 2.45) is 0 Å². The molecule has 1 atom stereocenters. The molecule has 7 heteroatoms. The van der Waals surface area contributed by atoms with Crippen molar-refractivity contribution in [1.29, 1.82) is 0 Å². The van der Waals surface area contributed by atoms with Gasteiger partial charge in [-0.25, -0.2) is 0 Å². The highest BCUT2D eigenvalue weighted by Gasteiger charge is 2.45. The second-order valence-corrected chi connectivity index (χ2v) is 7.81. The molecule has 0 unspecified atom stereocenters. The molecular weight excluding hydrogens is 394 g/mol. The zero-order valence-electron chi connectivity index (χ0n) is 18.2. The van der Waals surface area contributed by atoms with Gasteiger partial charge < -0.3 is 19.6 Å². The van der Waals surface area contributed by atoms with Crippen molar-refractivity contribution < 1.29 is 19.4 Å². The maximum absolute atomic E-state index is 13.0. The van der Waals surface area contributed by atoms with Crippen LogP contribution < -0.4 is 4.74 Å². The highest BCUT2D eigenvalue weighted by Crippen LogP contribution is 2.39. The van der Waals surface area contributed by atoms with E-state index in [1.54, 1.807) is 42.7 Å². The molecule has 1 fully saturated rings. The lowest BCUT2D eigenvalue weighted by Crippen LogP contribution is -2.32. The molecule has 0 saturated carbocycles. The van der Waals surface area contributed by atoms with Crippen molar-refractivity contribution in [3.05, 3.63) is 65.5 Å². The monoisotopic (exact) mass is 423 g/mol. The number of aliphatic hydroxyl groups is 1. The second-order valence-electron chi connectivity index (χ2n) is 7.81. The standard InChI is InChI=1S/C24H29N3O4/c1-4-15-31-19-10-8-17(9-11-19)22(28)20-21(18-7-5-12-25-16-18)27(24(30)23(20)29)14-6-13-26(2)3/h5,7-12,16,21,28H,4,6,13-15H2,1-3H3/b22-20+/t21-/m0/s1. The Hall–Kier alpha value is -3.19. The number of aliphatic hydroxyl groups excluding tert-OH is 1. The molecule has 1 amide bonds. The van der Waals surface area contributed by atoms with Crippen LogP contribution in [0, 0.1) is 0 Å². The van der Waals surface area contributed by atoms with Gasteiger partial charge in [-0.1, -0.05) is 13.0 Å². The summed E-state index contributed by atoms with van der Waals surface area (Å²) in [6, 6.07) is 9.78. The second kappa shape index (κ2) is 10.2. The van der Waals surface area contributed by atoms with E-state index in [1.807, 2.05) is 32.0 Å². The van der Waals surface area contributed by atoms with Gasteiger partial charge in [-0.05, 0) is 69.4 Å². The van der Waals surface area contributed by atoms with Crippen LogP contribution in [-0.4, -0.2) is 65.4 Å². The van der Waals surface area contributed by atoms with E-state index in [9.17, 15) is 14.7 Å². The third kappa shape index (κ3) is 5.11. The Morgan fingerprint density at radius 2 is 1.94 bits per heavy atom. The quantitative estimate of drug-likeness (QED) is 0.379. The predicted octanol–water partition coefficient (Wildman–Crippen LogP) is 3.24. The molecule has 1 aromatic heterocycles. The van der Waals surface area contributed by atoms with Gasteiger partial charge in [-0.2, -0.15) is 0 Å². The zero-order chi connectivity index (χ0) is 22.4. The van der Waals surface area contributed by atoms with Crippen LogP contribution >= 0.6 is 0 Å². The summed E-state index contributed by atoms with van der Waals surface area (Å²) in [5.74, 6) is -0.782. The topological polar surface area (TPSA) is 83.0 Å². The fourth-order valence-electron chi connectivity index (χ4n) is 3.64. The van der Waals surface area contributed by atoms with Crippen LogP contribution in [0.5, 0.6) is 5.75 Å². The van der Waals surface area contributed by atoms with E-state index in [0.29, 0.717) is 36.4 Å². The molecule has 31 heavy (non-hydrogen) atoms. The number of hydrogen-bond acceptors (Lipinski definition) is 6. The van der Waals surface area contributed by atoms with Gasteiger partial charge in [-0.15, -0.1) is 0 Å². The minimum absolute atomic E-state index is 0.0880. The van der Waals surface area contributed by atoms with Crippen molar-refractivity contribution in [3.63, 3.8) is 0 Å². The molecule has 164 valence electrons. The number of nitrogens with zero attached hydrogens (tertiary/aromatic N) is 3. The minimum Gasteiger partial charge on any atom is -0.507 e. The van der Waals surface area contributed by atoms with E-state index >= 15 is 0 Å². The van der Waals surface area contributed by atoms with Gasteiger partial charge in [0.1, 0.15) is 11.5 Å². The van der Waals surface area contributed by atoms with E-state index in [1.165, 1.54) is 4.90 Å². The van der Waals surface area contributed by atoms with Gasteiger partial charge >= 0.3 is 0 Å². The summed E-state index contributed by atoms with van der Waals surface area (Å²) in [5.41, 5.74) is 1.24. The molecule has 0 spiro atoms. The normalized spacial score (nSPS) is 18.1. The van der Waals surface area contributed by atoms with Gasteiger partial charge in [0.05, 0.1) is 18.2 Å². The highest BCUT2D eigenvalue weighted by molar-refractivity contribution is 6.46. The number of ketones is 1. The Labute approximate surface area is 183 Å². The molecule has 1 aromatic carbocycles. The number of hydrogen-bond donors (Lipinski definition) is 1. The Kier molecular flexibility index (Phi) is 7.41. The van der Waals surface area contributed by atoms with Crippen LogP contribution in [0.25, 0.3) is 5.76 Å². The van der Waals surface area contributed by atoms with Gasteiger partial charge in [0.25, 0.3) is 11.7 Å². The summed E-state index contributed by atoms with van der Waals surface area (Å²) < 4.78 is 5.59. The first kappa shape index (κ1) is 22.5. The van der Waals surface area contributed by atoms with Crippen molar-refractivity contribution in [3.8, 4) is 5.75 Å². The molecule has 3 rings (SSSR count). The van der Waals surface area contributed by atoms with Crippen molar-refractivity contribution in [2.45, 2.75) is 25.8 Å². The van der Waals surface area contributed by atoms with Crippen LogP contribution in [0.1, 0.15) is 36.9 Å². The third-order valence-corrected chi connectivity index (χ3v) is 5.15. The number of Topliss-reactive ketones (excluding diaryl/α,β-unsaturated/α-hetero) is 1. The average molecular weight is 424 g/mol. The molecule has 7 nitrogen and oxygen atoms in total. The Bertz CT molecular complexity index is 939. The van der Waals surface area contributed by atoms with Crippen molar-refractivity contribution in [1.82, 2.24) is 14.8 Å². The lowest BCUT2D eigenvalue weighted by molar-refractivity contribution is -0.139. The summed E-state index contributed by atoms with van der Waals surface area (Å²) in [6.07, 6.45) is 4.87. The van der Waals surface area contributed by atoms with Crippen LogP contribution in [0.15, 0.2) is 54.4 Å². The van der Waals surface area contributed by atoms with Crippen LogP contribution in [0.2, 0.25) is 0 Å². The fraction of sp³-hybridized carbons (Fsp3) is 0.375. The molecule has 2 aromatic rings. The zero-order valence-corrected chi connectivity index (χ0v) is 18.2. The van der Waals surface area contributed by atoms with Crippen LogP contribution in [0.4, 0.5) is 0 Å². The average Bonchev–Trinajstić information content (AvgIpc) is 3.03. The molecule has 1 saturated heterocycles. The largest absolute Gasteiger partial charge is 0.507 e. The molecule has 0 radical (unpaired) electrons.